The lowest BCUT2D eigenvalue weighted by molar-refractivity contribution is 0.440. The van der Waals surface area contributed by atoms with Crippen molar-refractivity contribution in [3.05, 3.63) is 83.7 Å². The third kappa shape index (κ3) is 4.00. The van der Waals surface area contributed by atoms with Crippen LogP contribution in [-0.2, 0) is 0 Å². The molecule has 30 heavy (non-hydrogen) atoms. The van der Waals surface area contributed by atoms with Crippen molar-refractivity contribution in [2.24, 2.45) is 4.99 Å². The minimum Gasteiger partial charge on any atom is -0.308 e. The summed E-state index contributed by atoms with van der Waals surface area (Å²) in [5.74, 6) is 0.552. The summed E-state index contributed by atoms with van der Waals surface area (Å²) in [5, 5.41) is 11.8. The Hall–Kier alpha value is -3.74. The van der Waals surface area contributed by atoms with E-state index in [1.165, 1.54) is 18.3 Å². The van der Waals surface area contributed by atoms with E-state index in [2.05, 4.69) is 15.0 Å². The first kappa shape index (κ1) is 19.6. The molecule has 0 fully saturated rings. The van der Waals surface area contributed by atoms with Crippen LogP contribution >= 0.6 is 0 Å². The van der Waals surface area contributed by atoms with Crippen LogP contribution in [0.25, 0.3) is 11.8 Å². The summed E-state index contributed by atoms with van der Waals surface area (Å²) in [4.78, 5) is 8.87. The number of hydrazine groups is 1. The molecule has 2 aromatic carbocycles. The highest BCUT2D eigenvalue weighted by Gasteiger charge is 2.18. The molecule has 0 radical (unpaired) electrons. The predicted octanol–water partition coefficient (Wildman–Crippen LogP) is 4.10. The predicted molar refractivity (Wildman–Crippen MR) is 119 cm³/mol. The molecule has 3 aromatic rings. The third-order valence-electron chi connectivity index (χ3n) is 5.05. The number of aryl methyl sites for hydroxylation is 1. The van der Waals surface area contributed by atoms with Crippen LogP contribution in [0.3, 0.4) is 0 Å². The van der Waals surface area contributed by atoms with E-state index in [-0.39, 0.29) is 5.82 Å². The van der Waals surface area contributed by atoms with Crippen LogP contribution in [-0.4, -0.2) is 46.7 Å². The standard InChI is InChI=1S/C23H23FN6/c1-17-15-29(16-27-17)22-7-3-18(19(13-22)14-25)4-10-23-26-11-12-30(28(23)2)21-8-5-20(24)6-9-21/h3-10,13-16,25H,11-12H2,1-2H3/b10-4+,25-14?. The summed E-state index contributed by atoms with van der Waals surface area (Å²) in [6, 6.07) is 12.4. The molecule has 0 atom stereocenters. The Morgan fingerprint density at radius 3 is 2.50 bits per heavy atom. The summed E-state index contributed by atoms with van der Waals surface area (Å²) >= 11 is 0. The summed E-state index contributed by atoms with van der Waals surface area (Å²) in [7, 11) is 1.94. The van der Waals surface area contributed by atoms with E-state index in [9.17, 15) is 4.39 Å². The van der Waals surface area contributed by atoms with Crippen molar-refractivity contribution in [1.82, 2.24) is 14.6 Å². The highest BCUT2D eigenvalue weighted by atomic mass is 19.1. The van der Waals surface area contributed by atoms with Crippen LogP contribution in [0.5, 0.6) is 0 Å². The molecule has 0 spiro atoms. The Bertz CT molecular complexity index is 1110. The SMILES string of the molecule is Cc1cn(-c2ccc(/C=C/C3=NCCN(c4ccc(F)cc4)N3C)c(C=N)c2)cn1. The van der Waals surface area contributed by atoms with Crippen molar-refractivity contribution in [3.8, 4) is 5.69 Å². The summed E-state index contributed by atoms with van der Waals surface area (Å²) in [6.45, 7) is 3.32. The van der Waals surface area contributed by atoms with E-state index in [0.717, 1.165) is 40.6 Å². The van der Waals surface area contributed by atoms with E-state index in [0.29, 0.717) is 6.54 Å². The molecule has 2 heterocycles. The number of rotatable bonds is 5. The van der Waals surface area contributed by atoms with Crippen LogP contribution in [0.2, 0.25) is 0 Å². The second-order valence-corrected chi connectivity index (χ2v) is 7.08. The first-order valence-electron chi connectivity index (χ1n) is 9.70. The van der Waals surface area contributed by atoms with Gasteiger partial charge in [0.05, 0.1) is 30.8 Å². The number of likely N-dealkylation sites (N-methyl/N-ethyl adjacent to an activating group) is 1. The van der Waals surface area contributed by atoms with Crippen molar-refractivity contribution >= 4 is 23.8 Å². The number of amidine groups is 1. The lowest BCUT2D eigenvalue weighted by atomic mass is 10.1. The van der Waals surface area contributed by atoms with Gasteiger partial charge < -0.3 is 9.98 Å². The van der Waals surface area contributed by atoms with Crippen LogP contribution in [0.4, 0.5) is 10.1 Å². The maximum absolute atomic E-state index is 13.3. The van der Waals surface area contributed by atoms with E-state index in [1.807, 2.05) is 60.1 Å². The number of halogens is 1. The number of imidazole rings is 1. The van der Waals surface area contributed by atoms with Crippen molar-refractivity contribution in [3.63, 3.8) is 0 Å². The van der Waals surface area contributed by atoms with Gasteiger partial charge in [0.15, 0.2) is 0 Å². The lowest BCUT2D eigenvalue weighted by Gasteiger charge is -2.37. The number of hydrogen-bond acceptors (Lipinski definition) is 5. The smallest absolute Gasteiger partial charge is 0.142 e. The van der Waals surface area contributed by atoms with Gasteiger partial charge in [-0.15, -0.1) is 0 Å². The fourth-order valence-electron chi connectivity index (χ4n) is 3.44. The maximum Gasteiger partial charge on any atom is 0.142 e. The van der Waals surface area contributed by atoms with Gasteiger partial charge in [0.1, 0.15) is 11.7 Å². The quantitative estimate of drug-likeness (QED) is 0.654. The second kappa shape index (κ2) is 8.32. The monoisotopic (exact) mass is 402 g/mol. The number of anilines is 1. The Kier molecular flexibility index (Phi) is 5.43. The molecule has 6 nitrogen and oxygen atoms in total. The number of aliphatic imine (C=N–C) groups is 1. The molecule has 0 saturated heterocycles. The molecular weight excluding hydrogens is 379 g/mol. The van der Waals surface area contributed by atoms with Gasteiger partial charge in [-0.1, -0.05) is 12.1 Å². The molecule has 1 aliphatic rings. The zero-order chi connectivity index (χ0) is 21.1. The molecule has 1 aromatic heterocycles. The van der Waals surface area contributed by atoms with E-state index in [1.54, 1.807) is 18.5 Å². The Morgan fingerprint density at radius 2 is 1.80 bits per heavy atom. The molecule has 1 aliphatic heterocycles. The Labute approximate surface area is 175 Å². The van der Waals surface area contributed by atoms with Crippen LogP contribution < -0.4 is 5.01 Å². The van der Waals surface area contributed by atoms with Crippen molar-refractivity contribution in [1.29, 1.82) is 5.41 Å². The van der Waals surface area contributed by atoms with Crippen LogP contribution in [0.1, 0.15) is 16.8 Å². The second-order valence-electron chi connectivity index (χ2n) is 7.08. The molecular formula is C23H23FN6. The first-order chi connectivity index (χ1) is 14.5. The van der Waals surface area contributed by atoms with Crippen LogP contribution in [0.15, 0.2) is 66.1 Å². The summed E-state index contributed by atoms with van der Waals surface area (Å²) in [6.07, 6.45) is 8.98. The average Bonchev–Trinajstić information content (AvgIpc) is 3.20. The average molecular weight is 402 g/mol. The normalized spacial score (nSPS) is 14.3. The highest BCUT2D eigenvalue weighted by Crippen LogP contribution is 2.20. The molecule has 0 aliphatic carbocycles. The molecule has 0 unspecified atom stereocenters. The van der Waals surface area contributed by atoms with E-state index < -0.39 is 0 Å². The van der Waals surface area contributed by atoms with Gasteiger partial charge in [0, 0.05) is 30.7 Å². The highest BCUT2D eigenvalue weighted by molar-refractivity contribution is 5.99. The molecule has 7 heteroatoms. The zero-order valence-corrected chi connectivity index (χ0v) is 17.0. The van der Waals surface area contributed by atoms with Gasteiger partial charge in [0.2, 0.25) is 0 Å². The molecule has 0 bridgehead atoms. The van der Waals surface area contributed by atoms with E-state index in [4.69, 9.17) is 5.41 Å². The summed E-state index contributed by atoms with van der Waals surface area (Å²) in [5.41, 5.74) is 4.56. The number of nitrogens with one attached hydrogen (secondary N) is 1. The van der Waals surface area contributed by atoms with Gasteiger partial charge in [-0.2, -0.15) is 0 Å². The number of aromatic nitrogens is 2. The Morgan fingerprint density at radius 1 is 1.03 bits per heavy atom. The molecule has 1 N–H and O–H groups in total. The van der Waals surface area contributed by atoms with Gasteiger partial charge in [-0.25, -0.2) is 9.37 Å². The fourth-order valence-corrected chi connectivity index (χ4v) is 3.44. The van der Waals surface area contributed by atoms with E-state index >= 15 is 0 Å². The topological polar surface area (TPSA) is 60.5 Å². The molecule has 0 saturated carbocycles. The number of benzene rings is 2. The first-order valence-corrected chi connectivity index (χ1v) is 9.70. The Balaban J connectivity index is 1.56. The van der Waals surface area contributed by atoms with Crippen molar-refractivity contribution in [2.45, 2.75) is 6.92 Å². The minimum absolute atomic E-state index is 0.249. The molecule has 4 rings (SSSR count). The third-order valence-corrected chi connectivity index (χ3v) is 5.05. The van der Waals surface area contributed by atoms with Gasteiger partial charge >= 0.3 is 0 Å². The maximum atomic E-state index is 13.3. The molecule has 0 amide bonds. The number of hydrogen-bond donors (Lipinski definition) is 1. The summed E-state index contributed by atoms with van der Waals surface area (Å²) < 4.78 is 15.2. The van der Waals surface area contributed by atoms with Crippen LogP contribution in [0, 0.1) is 18.2 Å². The minimum atomic E-state index is -0.249. The van der Waals surface area contributed by atoms with Crippen molar-refractivity contribution < 1.29 is 4.39 Å². The zero-order valence-electron chi connectivity index (χ0n) is 17.0. The van der Waals surface area contributed by atoms with Gasteiger partial charge in [0.25, 0.3) is 0 Å². The largest absolute Gasteiger partial charge is 0.308 e. The lowest BCUT2D eigenvalue weighted by Crippen LogP contribution is -2.48. The molecule has 152 valence electrons. The van der Waals surface area contributed by atoms with Gasteiger partial charge in [-0.3, -0.25) is 15.0 Å². The van der Waals surface area contributed by atoms with Crippen molar-refractivity contribution in [2.75, 3.05) is 25.1 Å². The number of nitrogens with zero attached hydrogens (tertiary/aromatic N) is 5. The fraction of sp³-hybridized carbons (Fsp3) is 0.174. The van der Waals surface area contributed by atoms with Gasteiger partial charge in [-0.05, 0) is 55.0 Å².